The van der Waals surface area contributed by atoms with Gasteiger partial charge in [-0.05, 0) is 61.3 Å². The lowest BCUT2D eigenvalue weighted by atomic mass is 10.1. The lowest BCUT2D eigenvalue weighted by Crippen LogP contribution is -2.26. The van der Waals surface area contributed by atoms with Crippen LogP contribution in [0.1, 0.15) is 18.1 Å². The van der Waals surface area contributed by atoms with Crippen LogP contribution >= 0.6 is 11.6 Å². The molecular formula is C26H27ClN8O18S5. The maximum Gasteiger partial charge on any atom is 0.397 e. The first kappa shape index (κ1) is 45.7. The Hall–Kier alpha value is -4.96. The summed E-state index contributed by atoms with van der Waals surface area (Å²) >= 11 is 6.01. The van der Waals surface area contributed by atoms with Crippen LogP contribution in [0, 0.1) is 6.92 Å². The van der Waals surface area contributed by atoms with Gasteiger partial charge in [0.05, 0.1) is 22.9 Å². The fraction of sp³-hybridized carbons (Fsp3) is 0.231. The number of hydrogen-bond acceptors (Lipinski definition) is 21. The summed E-state index contributed by atoms with van der Waals surface area (Å²) in [4.78, 5) is 21.1. The van der Waals surface area contributed by atoms with Crippen molar-refractivity contribution in [1.29, 1.82) is 0 Å². The van der Waals surface area contributed by atoms with Crippen molar-refractivity contribution >= 4 is 96.8 Å². The van der Waals surface area contributed by atoms with Crippen molar-refractivity contribution in [2.75, 3.05) is 23.0 Å². The molecule has 0 saturated carbocycles. The van der Waals surface area contributed by atoms with Crippen molar-refractivity contribution in [3.8, 4) is 11.6 Å². The molecule has 0 aliphatic carbocycles. The molecule has 0 fully saturated rings. The van der Waals surface area contributed by atoms with Crippen LogP contribution in [-0.2, 0) is 67.1 Å². The van der Waals surface area contributed by atoms with E-state index in [1.54, 1.807) is 0 Å². The first-order valence-corrected chi connectivity index (χ1v) is 23.0. The molecule has 2 aromatic heterocycles. The van der Waals surface area contributed by atoms with E-state index in [0.29, 0.717) is 16.7 Å². The van der Waals surface area contributed by atoms with Crippen LogP contribution in [0.3, 0.4) is 0 Å². The second-order valence-electron chi connectivity index (χ2n) is 11.3. The van der Waals surface area contributed by atoms with E-state index in [1.165, 1.54) is 6.92 Å². The van der Waals surface area contributed by atoms with Gasteiger partial charge in [0.1, 0.15) is 26.9 Å². The fourth-order valence-corrected chi connectivity index (χ4v) is 8.46. The molecular weight excluding hydrogens is 908 g/mol. The Morgan fingerprint density at radius 1 is 0.828 bits per heavy atom. The van der Waals surface area contributed by atoms with E-state index in [2.05, 4.69) is 40.0 Å². The van der Waals surface area contributed by atoms with E-state index in [-0.39, 0.29) is 17.8 Å². The van der Waals surface area contributed by atoms with Crippen LogP contribution < -0.4 is 16.2 Å². The highest BCUT2D eigenvalue weighted by molar-refractivity contribution is 7.91. The summed E-state index contributed by atoms with van der Waals surface area (Å²) in [6.07, 6.45) is 0. The Morgan fingerprint density at radius 2 is 1.43 bits per heavy atom. The maximum absolute atomic E-state index is 12.9. The molecule has 316 valence electrons. The van der Waals surface area contributed by atoms with Gasteiger partial charge in [-0.1, -0.05) is 0 Å². The number of anilines is 4. The van der Waals surface area contributed by atoms with Crippen LogP contribution in [0.25, 0.3) is 0 Å². The molecule has 32 heteroatoms. The normalized spacial score (nSPS) is 12.9. The van der Waals surface area contributed by atoms with Crippen LogP contribution in [0.5, 0.6) is 11.6 Å². The zero-order valence-electron chi connectivity index (χ0n) is 28.9. The highest BCUT2D eigenvalue weighted by atomic mass is 35.5. The zero-order valence-corrected chi connectivity index (χ0v) is 33.7. The number of rotatable bonds is 16. The Morgan fingerprint density at radius 3 is 1.98 bits per heavy atom. The zero-order chi connectivity index (χ0) is 43.8. The number of phenols is 1. The summed E-state index contributed by atoms with van der Waals surface area (Å²) in [6, 6.07) is 3.75. The van der Waals surface area contributed by atoms with E-state index in [9.17, 15) is 70.8 Å². The van der Waals surface area contributed by atoms with Gasteiger partial charge in [-0.25, -0.2) is 12.6 Å². The molecule has 0 spiro atoms. The number of nitrogens with zero attached hydrogens (tertiary/aromatic N) is 6. The van der Waals surface area contributed by atoms with Crippen molar-refractivity contribution in [2.24, 2.45) is 10.2 Å². The average Bonchev–Trinajstić information content (AvgIpc) is 3.05. The van der Waals surface area contributed by atoms with Gasteiger partial charge >= 0.3 is 10.4 Å². The van der Waals surface area contributed by atoms with E-state index in [0.717, 1.165) is 25.1 Å². The summed E-state index contributed by atoms with van der Waals surface area (Å²) in [5.74, 6) is -5.56. The third-order valence-electron chi connectivity index (χ3n) is 7.30. The predicted molar refractivity (Wildman–Crippen MR) is 197 cm³/mol. The maximum atomic E-state index is 12.9. The van der Waals surface area contributed by atoms with Crippen molar-refractivity contribution in [1.82, 2.24) is 19.5 Å². The summed E-state index contributed by atoms with van der Waals surface area (Å²) in [5, 5.41) is 33.1. The third kappa shape index (κ3) is 11.4. The van der Waals surface area contributed by atoms with Crippen molar-refractivity contribution in [2.45, 2.75) is 40.8 Å². The lowest BCUT2D eigenvalue weighted by molar-refractivity contribution is 0.284. The Bertz CT molecular complexity index is 2980. The van der Waals surface area contributed by atoms with Gasteiger partial charge < -0.3 is 20.8 Å². The molecule has 2 heterocycles. The standard InChI is InChI=1S/C26H27ClN8O18S5/c1-3-35-22(37)15(11-55(41,42)43)12(2)20(23(35)38)34-33-16-8-13(4-5-18(16)56(44,45)46)28-25-30-24(27)31-26(32-25)29-17-9-14(10-19(21(17)36)57(47,48)49)54(39,40)7-6-53-58(50,51)52/h4-5,8-10,36,38H,3,6-7,11H2,1-2H3,(H,41,42,43)(H,44,45,46)(H,47,48,49)(H,50,51,52)(H2,28,29,30,31,32)/b34-33+. The quantitative estimate of drug-likeness (QED) is 0.0451. The molecule has 0 amide bonds. The first-order valence-electron chi connectivity index (χ1n) is 15.1. The molecule has 58 heavy (non-hydrogen) atoms. The molecule has 0 aliphatic rings. The first-order chi connectivity index (χ1) is 26.5. The lowest BCUT2D eigenvalue weighted by Gasteiger charge is -2.14. The van der Waals surface area contributed by atoms with Crippen LogP contribution in [0.15, 0.2) is 60.0 Å². The van der Waals surface area contributed by atoms with Crippen LogP contribution in [0.2, 0.25) is 5.28 Å². The number of hydrogen-bond donors (Lipinski definition) is 8. The summed E-state index contributed by atoms with van der Waals surface area (Å²) < 4.78 is 161. The second-order valence-corrected chi connectivity index (χ2v) is 19.0. The fourth-order valence-electron chi connectivity index (χ4n) is 4.75. The molecule has 8 N–H and O–H groups in total. The minimum atomic E-state index is -5.35. The highest BCUT2D eigenvalue weighted by Gasteiger charge is 2.27. The largest absolute Gasteiger partial charge is 0.504 e. The molecule has 0 atom stereocenters. The highest BCUT2D eigenvalue weighted by Crippen LogP contribution is 2.38. The number of benzene rings is 2. The van der Waals surface area contributed by atoms with E-state index < -0.39 is 140 Å². The van der Waals surface area contributed by atoms with Crippen molar-refractivity contribution in [3.63, 3.8) is 0 Å². The SMILES string of the molecule is CCn1c(O)c(/N=N/c2cc(Nc3nc(Cl)nc(Nc4cc(S(=O)(=O)CCOS(=O)(=O)O)cc(S(=O)(=O)O)c4O)n3)ccc2S(=O)(=O)O)c(C)c(CS(=O)(=O)O)c1=O. The second kappa shape index (κ2) is 16.7. The number of aromatic hydroxyl groups is 2. The molecule has 0 bridgehead atoms. The number of sulfone groups is 1. The number of azo groups is 1. The molecule has 0 radical (unpaired) electrons. The number of phenolic OH excluding ortho intramolecular Hbond substituents is 1. The molecule has 0 unspecified atom stereocenters. The topological polar surface area (TPSA) is 411 Å². The smallest absolute Gasteiger partial charge is 0.397 e. The number of pyridine rings is 1. The number of nitrogens with one attached hydrogen (secondary N) is 2. The molecule has 2 aromatic carbocycles. The number of halogens is 1. The summed E-state index contributed by atoms with van der Waals surface area (Å²) in [6.45, 7) is 1.22. The van der Waals surface area contributed by atoms with E-state index in [1.807, 2.05) is 0 Å². The minimum absolute atomic E-state index is 0.141. The average molecular weight is 935 g/mol. The van der Waals surface area contributed by atoms with Gasteiger partial charge in [-0.2, -0.15) is 48.6 Å². The monoisotopic (exact) mass is 934 g/mol. The molecule has 26 nitrogen and oxygen atoms in total. The summed E-state index contributed by atoms with van der Waals surface area (Å²) in [7, 11) is -24.9. The van der Waals surface area contributed by atoms with Gasteiger partial charge in [-0.3, -0.25) is 27.6 Å². The van der Waals surface area contributed by atoms with Crippen LogP contribution in [0.4, 0.5) is 34.6 Å². The van der Waals surface area contributed by atoms with E-state index >= 15 is 0 Å². The summed E-state index contributed by atoms with van der Waals surface area (Å²) in [5.41, 5.74) is -3.84. The van der Waals surface area contributed by atoms with Gasteiger partial charge in [0.15, 0.2) is 15.6 Å². The molecule has 0 saturated heterocycles. The minimum Gasteiger partial charge on any atom is -0.504 e. The molecule has 4 aromatic rings. The van der Waals surface area contributed by atoms with Gasteiger partial charge in [-0.15, -0.1) is 10.2 Å². The Balaban J connectivity index is 1.77. The van der Waals surface area contributed by atoms with Crippen molar-refractivity contribution in [3.05, 3.63) is 57.1 Å². The number of aromatic nitrogens is 4. The van der Waals surface area contributed by atoms with Gasteiger partial charge in [0.25, 0.3) is 35.9 Å². The Labute approximate surface area is 332 Å². The predicted octanol–water partition coefficient (Wildman–Crippen LogP) is 1.80. The van der Waals surface area contributed by atoms with Gasteiger partial charge in [0, 0.05) is 17.8 Å². The third-order valence-corrected chi connectivity index (χ3v) is 12.0. The Kier molecular flexibility index (Phi) is 13.2. The van der Waals surface area contributed by atoms with Gasteiger partial charge in [0.2, 0.25) is 23.1 Å². The van der Waals surface area contributed by atoms with Crippen molar-refractivity contribution < 1.29 is 74.7 Å². The van der Waals surface area contributed by atoms with E-state index in [4.69, 9.17) is 16.2 Å². The van der Waals surface area contributed by atoms with Crippen LogP contribution in [-0.4, -0.2) is 102 Å². The molecule has 4 rings (SSSR count). The molecule has 0 aliphatic heterocycles.